The van der Waals surface area contributed by atoms with Crippen LogP contribution < -0.4 is 43.9 Å². The second-order valence-corrected chi connectivity index (χ2v) is 29.1. The van der Waals surface area contributed by atoms with Crippen molar-refractivity contribution in [1.29, 1.82) is 0 Å². The Morgan fingerprint density at radius 2 is 0.941 bits per heavy atom. The van der Waals surface area contributed by atoms with Gasteiger partial charge in [-0.1, -0.05) is 177 Å². The van der Waals surface area contributed by atoms with E-state index in [1.807, 2.05) is 54.6 Å². The number of phosphoric ester groups is 1. The van der Waals surface area contributed by atoms with Crippen LogP contribution in [0.25, 0.3) is 22.3 Å². The van der Waals surface area contributed by atoms with Gasteiger partial charge in [0, 0.05) is 12.8 Å². The van der Waals surface area contributed by atoms with Gasteiger partial charge in [-0.15, -0.1) is 13.2 Å². The molecular formula is C87H84ClN12O18P. The van der Waals surface area contributed by atoms with Crippen LogP contribution in [-0.2, 0) is 52.5 Å². The Bertz CT molecular complexity index is 5430. The molecule has 119 heavy (non-hydrogen) atoms. The van der Waals surface area contributed by atoms with Gasteiger partial charge in [0.05, 0.1) is 106 Å². The Kier molecular flexibility index (Phi) is 26.6. The van der Waals surface area contributed by atoms with Gasteiger partial charge >= 0.3 is 20.0 Å². The van der Waals surface area contributed by atoms with Gasteiger partial charge in [0.15, 0.2) is 22.3 Å². The molecule has 2 fully saturated rings. The fourth-order valence-electron chi connectivity index (χ4n) is 14.0. The van der Waals surface area contributed by atoms with Crippen LogP contribution in [0.5, 0.6) is 29.0 Å². The molecule has 0 saturated carbocycles. The smallest absolute Gasteiger partial charge is 0.497 e. The molecule has 9 atom stereocenters. The molecule has 3 N–H and O–H groups in total. The highest BCUT2D eigenvalue weighted by molar-refractivity contribution is 7.49. The number of hydrogen-bond acceptors (Lipinski definition) is 24. The number of para-hydroxylation sites is 5. The number of carbonyl (C=O) groups is 4. The number of amides is 4. The Morgan fingerprint density at radius 3 is 1.38 bits per heavy atom. The molecule has 2 saturated heterocycles. The van der Waals surface area contributed by atoms with Crippen molar-refractivity contribution in [3.05, 3.63) is 284 Å². The molecule has 32 heteroatoms. The number of halogens is 1. The number of rotatable bonds is 35. The number of carbonyl (C=O) groups excluding carboxylic acids is 4. The molecule has 8 aromatic carbocycles. The molecule has 0 aliphatic carbocycles. The van der Waals surface area contributed by atoms with Crippen LogP contribution in [-0.4, -0.2) is 159 Å². The zero-order chi connectivity index (χ0) is 83.0. The van der Waals surface area contributed by atoms with Crippen molar-refractivity contribution in [2.75, 3.05) is 74.3 Å². The second kappa shape index (κ2) is 38.2. The summed E-state index contributed by atoms with van der Waals surface area (Å²) in [5, 5.41) is 18.5. The maximum absolute atomic E-state index is 17.1. The summed E-state index contributed by atoms with van der Waals surface area (Å²) >= 11 is 6.97. The van der Waals surface area contributed by atoms with Crippen LogP contribution in [0, 0.1) is 0 Å². The van der Waals surface area contributed by atoms with Crippen molar-refractivity contribution in [1.82, 2.24) is 39.0 Å². The Hall–Kier alpha value is -12.6. The minimum Gasteiger partial charge on any atom is -0.497 e. The first-order valence-electron chi connectivity index (χ1n) is 38.1. The monoisotopic (exact) mass is 1650 g/mol. The molecule has 0 bridgehead atoms. The summed E-state index contributed by atoms with van der Waals surface area (Å²) in [6.45, 7) is 9.36. The normalized spacial score (nSPS) is 18.2. The van der Waals surface area contributed by atoms with E-state index in [4.69, 9.17) is 82.8 Å². The fourth-order valence-corrected chi connectivity index (χ4v) is 15.7. The number of nitrogens with one attached hydrogen (secondary N) is 2. The van der Waals surface area contributed by atoms with E-state index in [0.717, 1.165) is 0 Å². The quantitative estimate of drug-likeness (QED) is 0.0144. The molecule has 30 nitrogen and oxygen atoms in total. The lowest BCUT2D eigenvalue weighted by molar-refractivity contribution is -0.116. The van der Waals surface area contributed by atoms with Crippen LogP contribution in [0.2, 0.25) is 5.02 Å². The largest absolute Gasteiger partial charge is 0.530 e. The minimum absolute atomic E-state index is 0.00161. The van der Waals surface area contributed by atoms with Crippen molar-refractivity contribution in [2.45, 2.75) is 81.0 Å². The number of fused-ring (bicyclic) bond motifs is 2. The van der Waals surface area contributed by atoms with Gasteiger partial charge in [0.1, 0.15) is 59.5 Å². The van der Waals surface area contributed by atoms with E-state index in [9.17, 15) is 19.5 Å². The molecular weight excluding hydrogens is 1570 g/mol. The van der Waals surface area contributed by atoms with Gasteiger partial charge in [-0.25, -0.2) is 33.9 Å². The number of imidazole rings is 2. The predicted octanol–water partition coefficient (Wildman–Crippen LogP) is 15.7. The number of aromatic nitrogens is 8. The van der Waals surface area contributed by atoms with Crippen molar-refractivity contribution < 1.29 is 85.1 Å². The van der Waals surface area contributed by atoms with Crippen LogP contribution in [0.1, 0.15) is 55.5 Å². The molecule has 2 aliphatic rings. The molecule has 4 aromatic heterocycles. The lowest BCUT2D eigenvalue weighted by Gasteiger charge is -2.37. The number of phosphoric acid groups is 1. The Labute approximate surface area is 689 Å². The molecule has 6 heterocycles. The number of anilines is 6. The van der Waals surface area contributed by atoms with Crippen molar-refractivity contribution in [3.8, 4) is 29.0 Å². The van der Waals surface area contributed by atoms with E-state index in [1.165, 1.54) is 49.8 Å². The summed E-state index contributed by atoms with van der Waals surface area (Å²) in [6, 6.07) is 62.9. The first-order valence-corrected chi connectivity index (χ1v) is 39.9. The molecule has 1 unspecified atom stereocenters. The summed E-state index contributed by atoms with van der Waals surface area (Å²) in [6.07, 6.45) is -4.53. The van der Waals surface area contributed by atoms with Crippen molar-refractivity contribution in [3.63, 3.8) is 0 Å². The number of nitrogens with zero attached hydrogens (tertiary/aromatic N) is 10. The molecule has 0 spiro atoms. The van der Waals surface area contributed by atoms with E-state index < -0.39 is 99.3 Å². The second-order valence-electron chi connectivity index (χ2n) is 27.1. The number of aliphatic hydroxyl groups is 1. The molecule has 4 amide bonds. The zero-order valence-corrected chi connectivity index (χ0v) is 66.7. The van der Waals surface area contributed by atoms with E-state index in [-0.39, 0.29) is 96.0 Å². The number of benzene rings is 8. The number of hydrogen-bond donors (Lipinski definition) is 3. The summed E-state index contributed by atoms with van der Waals surface area (Å²) in [5.74, 6) is -1.40. The van der Waals surface area contributed by atoms with E-state index in [2.05, 4.69) is 38.7 Å². The highest BCUT2D eigenvalue weighted by Crippen LogP contribution is 2.57. The SMILES string of the molecule is C=CCOC[C@@H]1O[C@@H](COP(=O)(Oc2ccccc2Cl)O[C@@H]2[C@@H](n3cnc4c(OC(=O)N(c5ccccc5)c5ccccc5)nc(NC(=O)CC)nc43)[C@H](COCC=C)O[C@H]2COC(c2ccccc2)(c2ccc(OC)cc2)c2ccc(OC)cc2)[C@H](O)[C@H]1n1cnc2c(OC(=O)N(c3ccccc3)c3ccccc3)nc(NC(=O)CC)nc21. The highest BCUT2D eigenvalue weighted by Gasteiger charge is 2.55. The number of methoxy groups -OCH3 is 2. The third-order valence-corrected chi connectivity index (χ3v) is 21.3. The third-order valence-electron chi connectivity index (χ3n) is 19.6. The first-order chi connectivity index (χ1) is 58.0. The van der Waals surface area contributed by atoms with Gasteiger partial charge < -0.3 is 61.4 Å². The van der Waals surface area contributed by atoms with E-state index in [1.54, 1.807) is 192 Å². The maximum atomic E-state index is 17.1. The molecule has 14 rings (SSSR count). The average molecular weight is 1650 g/mol. The lowest BCUT2D eigenvalue weighted by atomic mass is 9.80. The minimum atomic E-state index is -5.41. The van der Waals surface area contributed by atoms with E-state index >= 15 is 9.36 Å². The first kappa shape index (κ1) is 82.9. The summed E-state index contributed by atoms with van der Waals surface area (Å²) in [5.41, 5.74) is 1.88. The fraction of sp³-hybridized carbons (Fsp3) is 0.241. The molecule has 2 aliphatic heterocycles. The van der Waals surface area contributed by atoms with Gasteiger partial charge in [0.2, 0.25) is 23.7 Å². The molecule has 0 radical (unpaired) electrons. The number of aliphatic hydroxyl groups excluding tert-OH is 1. The standard InChI is InChI=1S/C87H84ClN12O18P/c1-7-48-109-50-67-75(97-54-89-73-79(97)93-83(91-71(101)9-3)95-81(73)115-85(104)99(59-30-18-12-19-31-59)60-32-20-13-21-33-60)77(103)69(113-67)53-112-119(106,117-66-39-27-26-38-65(66)88)118-78-70(52-111-87(56-28-16-11-17-29-56,57-40-44-63(107-5)45-41-57)58-42-46-64(108-6)47-43-58)114-68(51-110-49-8-2)76(78)98-55-90-74-80(98)94-84(92-72(102)10-4)96-82(74)116-86(105)100(61-34-22-14-23-35-61)62-36-24-15-25-37-62/h7-8,11-47,54-55,67-70,75-78,103H,1-2,9-10,48-53H2,3-6H3,(H,91,93,95,101)(H,92,94,96,102)/t67-,68-,69-,70-,75-,76-,77-,78-,119?/m0/s1. The summed E-state index contributed by atoms with van der Waals surface area (Å²) in [7, 11) is -2.29. The summed E-state index contributed by atoms with van der Waals surface area (Å²) < 4.78 is 98.4. The van der Waals surface area contributed by atoms with Crippen LogP contribution in [0.3, 0.4) is 0 Å². The zero-order valence-electron chi connectivity index (χ0n) is 65.0. The van der Waals surface area contributed by atoms with Crippen LogP contribution in [0.4, 0.5) is 44.2 Å². The predicted molar refractivity (Wildman–Crippen MR) is 443 cm³/mol. The molecule has 612 valence electrons. The number of ether oxygens (including phenoxy) is 9. The Morgan fingerprint density at radius 1 is 0.529 bits per heavy atom. The van der Waals surface area contributed by atoms with E-state index in [0.29, 0.717) is 50.9 Å². The van der Waals surface area contributed by atoms with Gasteiger partial charge in [-0.05, 0) is 102 Å². The molecule has 12 aromatic rings. The van der Waals surface area contributed by atoms with Crippen molar-refractivity contribution >= 4 is 100 Å². The third kappa shape index (κ3) is 18.6. The Balaban J connectivity index is 0.894. The van der Waals surface area contributed by atoms with Crippen molar-refractivity contribution in [2.24, 2.45) is 0 Å². The van der Waals surface area contributed by atoms with Gasteiger partial charge in [0.25, 0.3) is 11.8 Å². The van der Waals surface area contributed by atoms with Crippen LogP contribution >= 0.6 is 19.4 Å². The highest BCUT2D eigenvalue weighted by atomic mass is 35.5. The lowest BCUT2D eigenvalue weighted by Crippen LogP contribution is -2.40. The van der Waals surface area contributed by atoms with Gasteiger partial charge in [-0.2, -0.15) is 19.9 Å². The topological polar surface area (TPSA) is 334 Å². The maximum Gasteiger partial charge on any atom is 0.530 e. The summed E-state index contributed by atoms with van der Waals surface area (Å²) in [4.78, 5) is 87.5. The van der Waals surface area contributed by atoms with Crippen LogP contribution in [0.15, 0.2) is 262 Å². The van der Waals surface area contributed by atoms with Gasteiger partial charge in [-0.3, -0.25) is 29.3 Å². The average Bonchev–Trinajstić information content (AvgIpc) is 1.69.